The lowest BCUT2D eigenvalue weighted by atomic mass is 10.0. The number of fused-ring (bicyclic) bond motifs is 3. The molecule has 0 aromatic heterocycles. The summed E-state index contributed by atoms with van der Waals surface area (Å²) in [6.45, 7) is 0. The summed E-state index contributed by atoms with van der Waals surface area (Å²) in [5.41, 5.74) is 4.96. The first kappa shape index (κ1) is 7.44. The molecule has 0 aliphatic carbocycles. The van der Waals surface area contributed by atoms with E-state index in [0.29, 0.717) is 0 Å². The van der Waals surface area contributed by atoms with Crippen LogP contribution < -0.4 is 10.7 Å². The first-order valence-electron chi connectivity index (χ1n) is 4.47. The Labute approximate surface area is 81.2 Å². The van der Waals surface area contributed by atoms with Crippen LogP contribution in [0.4, 0.5) is 4.79 Å². The summed E-state index contributed by atoms with van der Waals surface area (Å²) in [7, 11) is 0. The molecule has 1 unspecified atom stereocenters. The fraction of sp³-hybridized carbons (Fsp3) is 0.100. The summed E-state index contributed by atoms with van der Waals surface area (Å²) in [6.07, 6.45) is 3.79. The Hall–Kier alpha value is -1.97. The van der Waals surface area contributed by atoms with Gasteiger partial charge >= 0.3 is 6.03 Å². The minimum Gasteiger partial charge on any atom is -0.311 e. The first-order valence-corrected chi connectivity index (χ1v) is 4.47. The van der Waals surface area contributed by atoms with E-state index in [1.165, 1.54) is 0 Å². The first-order chi connectivity index (χ1) is 6.84. The van der Waals surface area contributed by atoms with Crippen molar-refractivity contribution in [2.75, 3.05) is 0 Å². The average Bonchev–Trinajstić information content (AvgIpc) is 2.59. The minimum absolute atomic E-state index is 0.0660. The standard InChI is InChI=1S/C10H9N3O/c14-10-11-9-8-4-2-1-3-7(8)5-6-13(9)12-10/h1-6,9H,(H2,11,12,14). The molecule has 4 nitrogen and oxygen atoms in total. The van der Waals surface area contributed by atoms with Gasteiger partial charge in [-0.1, -0.05) is 24.3 Å². The van der Waals surface area contributed by atoms with Crippen LogP contribution in [0.25, 0.3) is 6.08 Å². The quantitative estimate of drug-likeness (QED) is 0.641. The van der Waals surface area contributed by atoms with Crippen molar-refractivity contribution in [3.05, 3.63) is 41.6 Å². The number of carbonyl (C=O) groups excluding carboxylic acids is 1. The van der Waals surface area contributed by atoms with Crippen LogP contribution in [0.5, 0.6) is 0 Å². The molecular weight excluding hydrogens is 178 g/mol. The van der Waals surface area contributed by atoms with Gasteiger partial charge in [0.15, 0.2) is 0 Å². The second-order valence-corrected chi connectivity index (χ2v) is 3.34. The maximum atomic E-state index is 11.1. The molecule has 2 aliphatic heterocycles. The van der Waals surface area contributed by atoms with Gasteiger partial charge in [-0.05, 0) is 11.6 Å². The van der Waals surface area contributed by atoms with E-state index < -0.39 is 0 Å². The molecule has 1 aromatic carbocycles. The number of carbonyl (C=O) groups is 1. The number of urea groups is 1. The number of hydrogen-bond acceptors (Lipinski definition) is 2. The van der Waals surface area contributed by atoms with Crippen molar-refractivity contribution in [3.63, 3.8) is 0 Å². The van der Waals surface area contributed by atoms with Gasteiger partial charge in [0.2, 0.25) is 0 Å². The SMILES string of the molecule is O=C1NC2c3ccccc3C=CN2N1. The predicted octanol–water partition coefficient (Wildman–Crippen LogP) is 1.20. The van der Waals surface area contributed by atoms with Crippen molar-refractivity contribution < 1.29 is 4.79 Å². The fourth-order valence-corrected chi connectivity index (χ4v) is 1.83. The Morgan fingerprint density at radius 2 is 2.14 bits per heavy atom. The normalized spacial score (nSPS) is 22.4. The van der Waals surface area contributed by atoms with Crippen LogP contribution in [-0.2, 0) is 0 Å². The van der Waals surface area contributed by atoms with Crippen LogP contribution in [0.15, 0.2) is 30.5 Å². The lowest BCUT2D eigenvalue weighted by molar-refractivity contribution is 0.235. The molecule has 2 heterocycles. The number of nitrogens with zero attached hydrogens (tertiary/aromatic N) is 1. The van der Waals surface area contributed by atoms with Gasteiger partial charge in [0.25, 0.3) is 0 Å². The monoisotopic (exact) mass is 187 g/mol. The summed E-state index contributed by atoms with van der Waals surface area (Å²) >= 11 is 0. The second kappa shape index (κ2) is 2.51. The third kappa shape index (κ3) is 0.907. The number of hydrogen-bond donors (Lipinski definition) is 2. The zero-order valence-electron chi connectivity index (χ0n) is 7.40. The molecule has 0 bridgehead atoms. The summed E-state index contributed by atoms with van der Waals surface area (Å²) in [6, 6.07) is 7.86. The van der Waals surface area contributed by atoms with E-state index in [-0.39, 0.29) is 12.2 Å². The molecule has 0 saturated carbocycles. The predicted molar refractivity (Wildman–Crippen MR) is 51.7 cm³/mol. The number of hydrazine groups is 1. The third-order valence-electron chi connectivity index (χ3n) is 2.48. The van der Waals surface area contributed by atoms with Crippen molar-refractivity contribution in [2.45, 2.75) is 6.17 Å². The molecule has 1 saturated heterocycles. The third-order valence-corrected chi connectivity index (χ3v) is 2.48. The highest BCUT2D eigenvalue weighted by Gasteiger charge is 2.31. The highest BCUT2D eigenvalue weighted by atomic mass is 16.2. The summed E-state index contributed by atoms with van der Waals surface area (Å²) < 4.78 is 0. The summed E-state index contributed by atoms with van der Waals surface area (Å²) in [4.78, 5) is 11.1. The molecule has 2 aliphatic rings. The molecule has 4 heteroatoms. The molecule has 1 atom stereocenters. The van der Waals surface area contributed by atoms with Gasteiger partial charge in [-0.3, -0.25) is 5.01 Å². The van der Waals surface area contributed by atoms with E-state index in [9.17, 15) is 4.79 Å². The Morgan fingerprint density at radius 3 is 3.07 bits per heavy atom. The lowest BCUT2D eigenvalue weighted by Gasteiger charge is -2.25. The van der Waals surface area contributed by atoms with E-state index in [1.807, 2.05) is 36.5 Å². The largest absolute Gasteiger partial charge is 0.335 e. The molecular formula is C10H9N3O. The molecule has 14 heavy (non-hydrogen) atoms. The lowest BCUT2D eigenvalue weighted by Crippen LogP contribution is -2.31. The molecule has 2 amide bonds. The Kier molecular flexibility index (Phi) is 1.33. The van der Waals surface area contributed by atoms with Crippen LogP contribution in [0, 0.1) is 0 Å². The molecule has 0 radical (unpaired) electrons. The van der Waals surface area contributed by atoms with Crippen molar-refractivity contribution in [1.29, 1.82) is 0 Å². The van der Waals surface area contributed by atoms with Crippen LogP contribution in [0.2, 0.25) is 0 Å². The minimum atomic E-state index is -0.156. The van der Waals surface area contributed by atoms with Crippen LogP contribution in [0.1, 0.15) is 17.3 Å². The van der Waals surface area contributed by atoms with E-state index in [1.54, 1.807) is 5.01 Å². The fourth-order valence-electron chi connectivity index (χ4n) is 1.83. The smallest absolute Gasteiger partial charge is 0.311 e. The van der Waals surface area contributed by atoms with Gasteiger partial charge in [0.05, 0.1) is 0 Å². The topological polar surface area (TPSA) is 44.4 Å². The van der Waals surface area contributed by atoms with E-state index in [4.69, 9.17) is 0 Å². The molecule has 3 rings (SSSR count). The van der Waals surface area contributed by atoms with Gasteiger partial charge < -0.3 is 5.32 Å². The molecule has 2 N–H and O–H groups in total. The van der Waals surface area contributed by atoms with E-state index in [2.05, 4.69) is 10.7 Å². The van der Waals surface area contributed by atoms with Gasteiger partial charge in [-0.2, -0.15) is 0 Å². The Balaban J connectivity index is 2.11. The van der Waals surface area contributed by atoms with Gasteiger partial charge in [-0.15, -0.1) is 0 Å². The zero-order valence-corrected chi connectivity index (χ0v) is 7.40. The zero-order chi connectivity index (χ0) is 9.54. The highest BCUT2D eigenvalue weighted by molar-refractivity contribution is 5.77. The van der Waals surface area contributed by atoms with Crippen molar-refractivity contribution in [3.8, 4) is 0 Å². The van der Waals surface area contributed by atoms with Crippen molar-refractivity contribution in [1.82, 2.24) is 15.8 Å². The van der Waals surface area contributed by atoms with Crippen molar-refractivity contribution >= 4 is 12.1 Å². The van der Waals surface area contributed by atoms with Crippen LogP contribution in [0.3, 0.4) is 0 Å². The Morgan fingerprint density at radius 1 is 1.29 bits per heavy atom. The number of nitrogens with one attached hydrogen (secondary N) is 2. The molecule has 1 fully saturated rings. The van der Waals surface area contributed by atoms with Gasteiger partial charge in [0, 0.05) is 11.8 Å². The molecule has 1 aromatic rings. The second-order valence-electron chi connectivity index (χ2n) is 3.34. The van der Waals surface area contributed by atoms with Gasteiger partial charge in [0.1, 0.15) is 6.17 Å². The number of benzene rings is 1. The van der Waals surface area contributed by atoms with Crippen LogP contribution in [-0.4, -0.2) is 11.0 Å². The number of rotatable bonds is 0. The van der Waals surface area contributed by atoms with Gasteiger partial charge in [-0.25, -0.2) is 10.2 Å². The van der Waals surface area contributed by atoms with E-state index >= 15 is 0 Å². The Bertz CT molecular complexity index is 427. The summed E-state index contributed by atoms with van der Waals surface area (Å²) in [5, 5.41) is 4.61. The summed E-state index contributed by atoms with van der Waals surface area (Å²) in [5.74, 6) is 0. The average molecular weight is 187 g/mol. The molecule has 70 valence electrons. The number of amides is 2. The van der Waals surface area contributed by atoms with Crippen LogP contribution >= 0.6 is 0 Å². The van der Waals surface area contributed by atoms with Crippen molar-refractivity contribution in [2.24, 2.45) is 0 Å². The van der Waals surface area contributed by atoms with E-state index in [0.717, 1.165) is 11.1 Å². The molecule has 0 spiro atoms. The highest BCUT2D eigenvalue weighted by Crippen LogP contribution is 2.28. The maximum Gasteiger partial charge on any atom is 0.335 e. The maximum absolute atomic E-state index is 11.1.